The molecule has 19 heavy (non-hydrogen) atoms. The van der Waals surface area contributed by atoms with Gasteiger partial charge in [-0.2, -0.15) is 0 Å². The fourth-order valence-corrected chi connectivity index (χ4v) is 4.10. The van der Waals surface area contributed by atoms with Gasteiger partial charge in [0, 0.05) is 24.8 Å². The Morgan fingerprint density at radius 1 is 1.21 bits per heavy atom. The van der Waals surface area contributed by atoms with Gasteiger partial charge in [0.25, 0.3) is 0 Å². The minimum Gasteiger partial charge on any atom is -0.300 e. The largest absolute Gasteiger partial charge is 0.300 e. The van der Waals surface area contributed by atoms with Gasteiger partial charge in [0.05, 0.1) is 5.75 Å². The first-order valence-electron chi connectivity index (χ1n) is 7.38. The van der Waals surface area contributed by atoms with E-state index in [4.69, 9.17) is 0 Å². The molecule has 0 N–H and O–H groups in total. The van der Waals surface area contributed by atoms with Gasteiger partial charge in [-0.05, 0) is 32.7 Å². The molecule has 0 bridgehead atoms. The average Bonchev–Trinajstić information content (AvgIpc) is 2.51. The molecule has 1 aliphatic rings. The van der Waals surface area contributed by atoms with Gasteiger partial charge >= 0.3 is 0 Å². The highest BCUT2D eigenvalue weighted by Gasteiger charge is 2.23. The summed E-state index contributed by atoms with van der Waals surface area (Å²) in [6.07, 6.45) is 5.71. The Balaban J connectivity index is 2.57. The van der Waals surface area contributed by atoms with E-state index in [2.05, 4.69) is 4.90 Å². The lowest BCUT2D eigenvalue weighted by Crippen LogP contribution is -2.39. The van der Waals surface area contributed by atoms with Crippen LogP contribution < -0.4 is 0 Å². The van der Waals surface area contributed by atoms with Crippen molar-refractivity contribution in [1.29, 1.82) is 0 Å². The molecule has 0 aromatic rings. The molecule has 1 unspecified atom stereocenters. The zero-order valence-electron chi connectivity index (χ0n) is 12.2. The molecule has 1 fully saturated rings. The molecular weight excluding hydrogens is 262 g/mol. The second kappa shape index (κ2) is 8.00. The molecule has 0 spiro atoms. The number of hydrogen-bond donors (Lipinski definition) is 0. The lowest BCUT2D eigenvalue weighted by Gasteiger charge is -2.29. The predicted molar refractivity (Wildman–Crippen MR) is 78.1 cm³/mol. The summed E-state index contributed by atoms with van der Waals surface area (Å²) in [6.45, 7) is 5.03. The van der Waals surface area contributed by atoms with Crippen molar-refractivity contribution in [3.63, 3.8) is 0 Å². The standard InChI is InChI=1S/C14H27NO3S/c1-3-10-19(17,18)11-9-15-8-6-4-5-7-14(15)12-13(2)16/h14H,3-12H2,1-2H3. The van der Waals surface area contributed by atoms with Crippen LogP contribution in [-0.2, 0) is 14.6 Å². The average molecular weight is 289 g/mol. The molecule has 0 aromatic heterocycles. The van der Waals surface area contributed by atoms with Crippen LogP contribution in [0.5, 0.6) is 0 Å². The Labute approximate surface area is 117 Å². The SMILES string of the molecule is CCCS(=O)(=O)CCN1CCCCCC1CC(C)=O. The zero-order chi connectivity index (χ0) is 14.3. The first-order valence-corrected chi connectivity index (χ1v) is 9.20. The molecule has 1 rings (SSSR count). The Hall–Kier alpha value is -0.420. The van der Waals surface area contributed by atoms with Crippen molar-refractivity contribution in [1.82, 2.24) is 4.90 Å². The monoisotopic (exact) mass is 289 g/mol. The lowest BCUT2D eigenvalue weighted by molar-refractivity contribution is -0.118. The van der Waals surface area contributed by atoms with E-state index in [1.54, 1.807) is 6.92 Å². The molecule has 0 radical (unpaired) electrons. The quantitative estimate of drug-likeness (QED) is 0.719. The van der Waals surface area contributed by atoms with Gasteiger partial charge in [0.2, 0.25) is 0 Å². The second-order valence-corrected chi connectivity index (χ2v) is 7.90. The normalized spacial score (nSPS) is 22.1. The summed E-state index contributed by atoms with van der Waals surface area (Å²) >= 11 is 0. The smallest absolute Gasteiger partial charge is 0.151 e. The predicted octanol–water partition coefficient (Wildman–Crippen LogP) is 2.03. The van der Waals surface area contributed by atoms with Gasteiger partial charge < -0.3 is 0 Å². The molecule has 0 amide bonds. The van der Waals surface area contributed by atoms with Crippen molar-refractivity contribution in [3.05, 3.63) is 0 Å². The molecule has 0 aliphatic carbocycles. The minimum atomic E-state index is -2.92. The number of carbonyl (C=O) groups excluding carboxylic acids is 1. The molecule has 1 aliphatic heterocycles. The maximum atomic E-state index is 11.8. The van der Waals surface area contributed by atoms with Crippen LogP contribution in [-0.4, -0.2) is 49.7 Å². The highest BCUT2D eigenvalue weighted by molar-refractivity contribution is 7.91. The van der Waals surface area contributed by atoms with E-state index < -0.39 is 9.84 Å². The number of hydrogen-bond acceptors (Lipinski definition) is 4. The maximum Gasteiger partial charge on any atom is 0.151 e. The van der Waals surface area contributed by atoms with Crippen LogP contribution in [0.2, 0.25) is 0 Å². The van der Waals surface area contributed by atoms with Gasteiger partial charge in [-0.3, -0.25) is 9.69 Å². The van der Waals surface area contributed by atoms with Crippen LogP contribution in [0.25, 0.3) is 0 Å². The number of rotatable bonds is 7. The van der Waals surface area contributed by atoms with Gasteiger partial charge in [-0.1, -0.05) is 19.8 Å². The second-order valence-electron chi connectivity index (χ2n) is 5.60. The Kier molecular flexibility index (Phi) is 7.00. The van der Waals surface area contributed by atoms with Gasteiger partial charge in [0.15, 0.2) is 9.84 Å². The van der Waals surface area contributed by atoms with Crippen LogP contribution in [0, 0.1) is 0 Å². The van der Waals surface area contributed by atoms with E-state index in [-0.39, 0.29) is 23.3 Å². The van der Waals surface area contributed by atoms with Crippen LogP contribution in [0.1, 0.15) is 52.4 Å². The Morgan fingerprint density at radius 3 is 2.58 bits per heavy atom. The summed E-state index contributed by atoms with van der Waals surface area (Å²) in [6, 6.07) is 0.247. The highest BCUT2D eigenvalue weighted by atomic mass is 32.2. The topological polar surface area (TPSA) is 54.5 Å². The third-order valence-electron chi connectivity index (χ3n) is 3.73. The summed E-state index contributed by atoms with van der Waals surface area (Å²) in [4.78, 5) is 13.6. The van der Waals surface area contributed by atoms with E-state index in [9.17, 15) is 13.2 Å². The fourth-order valence-electron chi connectivity index (χ4n) is 2.76. The van der Waals surface area contributed by atoms with Gasteiger partial charge in [-0.15, -0.1) is 0 Å². The van der Waals surface area contributed by atoms with E-state index in [0.717, 1.165) is 25.8 Å². The maximum absolute atomic E-state index is 11.8. The van der Waals surface area contributed by atoms with Crippen molar-refractivity contribution in [2.24, 2.45) is 0 Å². The first kappa shape index (κ1) is 16.6. The molecule has 112 valence electrons. The minimum absolute atomic E-state index is 0.202. The summed E-state index contributed by atoms with van der Waals surface area (Å²) < 4.78 is 23.6. The van der Waals surface area contributed by atoms with Crippen molar-refractivity contribution in [2.45, 2.75) is 58.4 Å². The van der Waals surface area contributed by atoms with E-state index in [1.165, 1.54) is 6.42 Å². The van der Waals surface area contributed by atoms with E-state index in [0.29, 0.717) is 19.4 Å². The van der Waals surface area contributed by atoms with Crippen LogP contribution in [0.3, 0.4) is 0 Å². The van der Waals surface area contributed by atoms with Crippen molar-refractivity contribution >= 4 is 15.6 Å². The molecule has 0 saturated carbocycles. The van der Waals surface area contributed by atoms with Crippen LogP contribution in [0.15, 0.2) is 0 Å². The number of ketones is 1. The zero-order valence-corrected chi connectivity index (χ0v) is 13.0. The third-order valence-corrected chi connectivity index (χ3v) is 5.56. The molecule has 5 heteroatoms. The molecule has 1 saturated heterocycles. The van der Waals surface area contributed by atoms with Gasteiger partial charge in [-0.25, -0.2) is 8.42 Å². The number of likely N-dealkylation sites (tertiary alicyclic amines) is 1. The van der Waals surface area contributed by atoms with Gasteiger partial charge in [0.1, 0.15) is 5.78 Å². The van der Waals surface area contributed by atoms with E-state index in [1.807, 2.05) is 6.92 Å². The lowest BCUT2D eigenvalue weighted by atomic mass is 10.0. The van der Waals surface area contributed by atoms with Crippen molar-refractivity contribution in [2.75, 3.05) is 24.6 Å². The molecule has 1 atom stereocenters. The van der Waals surface area contributed by atoms with Crippen molar-refractivity contribution < 1.29 is 13.2 Å². The first-order chi connectivity index (χ1) is 8.94. The molecule has 1 heterocycles. The highest BCUT2D eigenvalue weighted by Crippen LogP contribution is 2.19. The van der Waals surface area contributed by atoms with E-state index >= 15 is 0 Å². The summed E-state index contributed by atoms with van der Waals surface area (Å²) in [5.41, 5.74) is 0. The number of carbonyl (C=O) groups is 1. The summed E-state index contributed by atoms with van der Waals surface area (Å²) in [5.74, 6) is 0.710. The third kappa shape index (κ3) is 6.52. The number of nitrogens with zero attached hydrogens (tertiary/aromatic N) is 1. The molecule has 0 aromatic carbocycles. The number of Topliss-reactive ketones (excluding diaryl/α,β-unsaturated/α-hetero) is 1. The fraction of sp³-hybridized carbons (Fsp3) is 0.929. The Bertz CT molecular complexity index is 378. The number of sulfone groups is 1. The molecule has 4 nitrogen and oxygen atoms in total. The van der Waals surface area contributed by atoms with Crippen molar-refractivity contribution in [3.8, 4) is 0 Å². The molecular formula is C14H27NO3S. The van der Waals surface area contributed by atoms with Crippen LogP contribution in [0.4, 0.5) is 0 Å². The Morgan fingerprint density at radius 2 is 1.95 bits per heavy atom. The summed E-state index contributed by atoms with van der Waals surface area (Å²) in [5, 5.41) is 0. The van der Waals surface area contributed by atoms with Crippen LogP contribution >= 0.6 is 0 Å². The summed E-state index contributed by atoms with van der Waals surface area (Å²) in [7, 11) is -2.92.